The zero-order valence-electron chi connectivity index (χ0n) is 13.2. The molecule has 0 aliphatic carbocycles. The van der Waals surface area contributed by atoms with Gasteiger partial charge in [0.1, 0.15) is 17.2 Å². The normalized spacial score (nSPS) is 11.2. The molecule has 0 aliphatic rings. The highest BCUT2D eigenvalue weighted by Gasteiger charge is 2.19. The van der Waals surface area contributed by atoms with E-state index in [1.54, 1.807) is 18.2 Å². The molecule has 24 heavy (non-hydrogen) atoms. The fraction of sp³-hybridized carbons (Fsp3) is 0.250. The number of carbonyl (C=O) groups is 1. The Balaban J connectivity index is 2.14. The van der Waals surface area contributed by atoms with Gasteiger partial charge in [-0.05, 0) is 12.1 Å². The molecule has 2 N–H and O–H groups in total. The minimum Gasteiger partial charge on any atom is -0.369 e. The summed E-state index contributed by atoms with van der Waals surface area (Å²) in [7, 11) is 0. The maximum atomic E-state index is 14.2. The first-order chi connectivity index (χ1) is 11.5. The van der Waals surface area contributed by atoms with Gasteiger partial charge in [0.15, 0.2) is 11.6 Å². The zero-order valence-corrected chi connectivity index (χ0v) is 14.0. The molecule has 124 valence electrons. The van der Waals surface area contributed by atoms with E-state index in [4.69, 9.17) is 5.73 Å². The van der Waals surface area contributed by atoms with Crippen LogP contribution in [0.3, 0.4) is 0 Å². The Bertz CT molecular complexity index is 886. The summed E-state index contributed by atoms with van der Waals surface area (Å²) in [4.78, 5) is 20.1. The summed E-state index contributed by atoms with van der Waals surface area (Å²) < 4.78 is 15.5. The van der Waals surface area contributed by atoms with Crippen LogP contribution in [-0.2, 0) is 11.2 Å². The van der Waals surface area contributed by atoms with E-state index in [2.05, 4.69) is 15.1 Å². The van der Waals surface area contributed by atoms with Crippen LogP contribution in [0.4, 0.5) is 4.39 Å². The minimum atomic E-state index is -0.548. The summed E-state index contributed by atoms with van der Waals surface area (Å²) in [6, 6.07) is 6.24. The van der Waals surface area contributed by atoms with E-state index in [-0.39, 0.29) is 23.9 Å². The Morgan fingerprint density at radius 1 is 1.33 bits per heavy atom. The third-order valence-corrected chi connectivity index (χ3v) is 4.45. The van der Waals surface area contributed by atoms with Crippen molar-refractivity contribution in [3.05, 3.63) is 46.3 Å². The quantitative estimate of drug-likeness (QED) is 0.770. The van der Waals surface area contributed by atoms with Gasteiger partial charge in [-0.1, -0.05) is 26.0 Å². The van der Waals surface area contributed by atoms with Crippen molar-refractivity contribution >= 4 is 17.2 Å². The van der Waals surface area contributed by atoms with Crippen LogP contribution in [0.25, 0.3) is 17.2 Å². The lowest BCUT2D eigenvalue weighted by Gasteiger charge is -2.05. The lowest BCUT2D eigenvalue weighted by Crippen LogP contribution is -2.14. The van der Waals surface area contributed by atoms with Crippen LogP contribution in [-0.4, -0.2) is 25.7 Å². The van der Waals surface area contributed by atoms with Gasteiger partial charge in [0.2, 0.25) is 5.91 Å². The molecule has 0 bridgehead atoms. The molecule has 0 fully saturated rings. The van der Waals surface area contributed by atoms with E-state index in [0.29, 0.717) is 11.5 Å². The fourth-order valence-corrected chi connectivity index (χ4v) is 3.01. The van der Waals surface area contributed by atoms with Gasteiger partial charge in [0.25, 0.3) is 0 Å². The number of rotatable bonds is 5. The first-order valence-corrected chi connectivity index (χ1v) is 8.28. The summed E-state index contributed by atoms with van der Waals surface area (Å²) in [6.07, 6.45) is -0.115. The van der Waals surface area contributed by atoms with Crippen molar-refractivity contribution in [2.24, 2.45) is 5.73 Å². The first kappa shape index (κ1) is 16.3. The summed E-state index contributed by atoms with van der Waals surface area (Å²) in [5.74, 6) is -0.0833. The van der Waals surface area contributed by atoms with E-state index in [1.165, 1.54) is 22.1 Å². The second-order valence-electron chi connectivity index (χ2n) is 5.58. The van der Waals surface area contributed by atoms with Crippen LogP contribution in [0.15, 0.2) is 29.6 Å². The van der Waals surface area contributed by atoms with Gasteiger partial charge in [-0.3, -0.25) is 4.79 Å². The number of amides is 1. The Morgan fingerprint density at radius 2 is 2.08 bits per heavy atom. The number of hydrogen-bond donors (Lipinski definition) is 1. The molecule has 1 aromatic carbocycles. The molecule has 6 nitrogen and oxygen atoms in total. The van der Waals surface area contributed by atoms with Crippen LogP contribution >= 0.6 is 11.3 Å². The third-order valence-electron chi connectivity index (χ3n) is 3.31. The standard InChI is InChI=1S/C16H16FN5OS/c1-9(2)16-19-11(8-24-16)15-20-14(7-13(18)23)21-22(15)12-6-4-3-5-10(12)17/h3-6,8-9H,7H2,1-2H3,(H2,18,23). The van der Waals surface area contributed by atoms with Gasteiger partial charge < -0.3 is 5.73 Å². The molecule has 0 atom stereocenters. The van der Waals surface area contributed by atoms with Crippen molar-refractivity contribution in [3.63, 3.8) is 0 Å². The molecule has 0 saturated heterocycles. The molecular formula is C16H16FN5OS. The van der Waals surface area contributed by atoms with Crippen molar-refractivity contribution in [1.82, 2.24) is 19.7 Å². The summed E-state index contributed by atoms with van der Waals surface area (Å²) in [5.41, 5.74) is 6.06. The van der Waals surface area contributed by atoms with E-state index in [0.717, 1.165) is 5.01 Å². The Labute approximate surface area is 142 Å². The number of halogens is 1. The lowest BCUT2D eigenvalue weighted by atomic mass is 10.2. The number of primary amides is 1. The largest absolute Gasteiger partial charge is 0.369 e. The topological polar surface area (TPSA) is 86.7 Å². The molecule has 0 spiro atoms. The summed E-state index contributed by atoms with van der Waals surface area (Å²) in [5, 5.41) is 7.04. The average Bonchev–Trinajstić information content (AvgIpc) is 3.13. The van der Waals surface area contributed by atoms with E-state index in [1.807, 2.05) is 19.2 Å². The number of benzene rings is 1. The molecule has 0 aliphatic heterocycles. The van der Waals surface area contributed by atoms with Gasteiger partial charge in [-0.2, -0.15) is 5.10 Å². The Hall–Kier alpha value is -2.61. The summed E-state index contributed by atoms with van der Waals surface area (Å²) >= 11 is 1.51. The predicted octanol–water partition coefficient (Wildman–Crippen LogP) is 2.68. The molecule has 1 amide bonds. The number of para-hydroxylation sites is 1. The zero-order chi connectivity index (χ0) is 17.3. The van der Waals surface area contributed by atoms with Gasteiger partial charge in [0, 0.05) is 11.3 Å². The Kier molecular flexibility index (Phi) is 4.39. The van der Waals surface area contributed by atoms with Gasteiger partial charge >= 0.3 is 0 Å². The van der Waals surface area contributed by atoms with Crippen molar-refractivity contribution < 1.29 is 9.18 Å². The molecule has 3 aromatic rings. The molecule has 8 heteroatoms. The molecule has 2 heterocycles. The maximum Gasteiger partial charge on any atom is 0.225 e. The van der Waals surface area contributed by atoms with Crippen LogP contribution in [0.5, 0.6) is 0 Å². The second kappa shape index (κ2) is 6.48. The van der Waals surface area contributed by atoms with Crippen LogP contribution in [0, 0.1) is 5.82 Å². The van der Waals surface area contributed by atoms with Crippen LogP contribution in [0.1, 0.15) is 30.6 Å². The molecule has 0 unspecified atom stereocenters. The van der Waals surface area contributed by atoms with E-state index in [9.17, 15) is 9.18 Å². The lowest BCUT2D eigenvalue weighted by molar-refractivity contribution is -0.117. The van der Waals surface area contributed by atoms with E-state index >= 15 is 0 Å². The molecule has 2 aromatic heterocycles. The highest BCUT2D eigenvalue weighted by molar-refractivity contribution is 7.10. The Morgan fingerprint density at radius 3 is 2.71 bits per heavy atom. The predicted molar refractivity (Wildman–Crippen MR) is 89.4 cm³/mol. The number of nitrogens with zero attached hydrogens (tertiary/aromatic N) is 4. The van der Waals surface area contributed by atoms with Crippen molar-refractivity contribution in [3.8, 4) is 17.2 Å². The van der Waals surface area contributed by atoms with E-state index < -0.39 is 11.7 Å². The molecule has 0 saturated carbocycles. The van der Waals surface area contributed by atoms with Crippen LogP contribution in [0.2, 0.25) is 0 Å². The number of aromatic nitrogens is 4. The highest BCUT2D eigenvalue weighted by atomic mass is 32.1. The summed E-state index contributed by atoms with van der Waals surface area (Å²) in [6.45, 7) is 4.09. The maximum absolute atomic E-state index is 14.2. The highest BCUT2D eigenvalue weighted by Crippen LogP contribution is 2.27. The number of hydrogen-bond acceptors (Lipinski definition) is 5. The average molecular weight is 345 g/mol. The molecule has 0 radical (unpaired) electrons. The minimum absolute atomic E-state index is 0.115. The molecule has 3 rings (SSSR count). The van der Waals surface area contributed by atoms with Crippen molar-refractivity contribution in [2.75, 3.05) is 0 Å². The monoisotopic (exact) mass is 345 g/mol. The molecular weight excluding hydrogens is 329 g/mol. The van der Waals surface area contributed by atoms with Gasteiger partial charge in [-0.15, -0.1) is 11.3 Å². The number of thiazole rings is 1. The van der Waals surface area contributed by atoms with Crippen LogP contribution < -0.4 is 5.73 Å². The van der Waals surface area contributed by atoms with Crippen molar-refractivity contribution in [2.45, 2.75) is 26.2 Å². The third kappa shape index (κ3) is 3.18. The van der Waals surface area contributed by atoms with Gasteiger partial charge in [0.05, 0.1) is 11.4 Å². The first-order valence-electron chi connectivity index (χ1n) is 7.40. The smallest absolute Gasteiger partial charge is 0.225 e. The SMILES string of the molecule is CC(C)c1nc(-c2nc(CC(N)=O)nn2-c2ccccc2F)cs1. The van der Waals surface area contributed by atoms with Gasteiger partial charge in [-0.25, -0.2) is 19.0 Å². The van der Waals surface area contributed by atoms with Crippen molar-refractivity contribution in [1.29, 1.82) is 0 Å². The number of nitrogens with two attached hydrogens (primary N) is 1. The number of carbonyl (C=O) groups excluding carboxylic acids is 1. The fourth-order valence-electron chi connectivity index (χ4n) is 2.20. The second-order valence-corrected chi connectivity index (χ2v) is 6.47.